The van der Waals surface area contributed by atoms with Crippen molar-refractivity contribution in [3.05, 3.63) is 82.2 Å². The third-order valence-electron chi connectivity index (χ3n) is 5.26. The lowest BCUT2D eigenvalue weighted by atomic mass is 9.87. The van der Waals surface area contributed by atoms with Crippen LogP contribution in [-0.2, 0) is 18.9 Å². The van der Waals surface area contributed by atoms with Crippen molar-refractivity contribution in [2.45, 2.75) is 46.5 Å². The quantitative estimate of drug-likeness (QED) is 0.683. The lowest BCUT2D eigenvalue weighted by Crippen LogP contribution is -2.14. The summed E-state index contributed by atoms with van der Waals surface area (Å²) in [6, 6.07) is 15.9. The van der Waals surface area contributed by atoms with Crippen molar-refractivity contribution in [1.82, 2.24) is 9.78 Å². The Morgan fingerprint density at radius 1 is 1.00 bits per heavy atom. The molecule has 1 heterocycles. The van der Waals surface area contributed by atoms with Crippen molar-refractivity contribution in [2.75, 3.05) is 5.32 Å². The molecule has 1 amide bonds. The number of hydrogen-bond acceptors (Lipinski definition) is 2. The molecule has 0 saturated heterocycles. The normalized spacial score (nSPS) is 11.5. The van der Waals surface area contributed by atoms with Crippen LogP contribution >= 0.6 is 0 Å². The first-order valence-corrected chi connectivity index (χ1v) is 9.65. The summed E-state index contributed by atoms with van der Waals surface area (Å²) < 4.78 is 1.92. The predicted octanol–water partition coefficient (Wildman–Crippen LogP) is 5.18. The van der Waals surface area contributed by atoms with Gasteiger partial charge >= 0.3 is 0 Å². The lowest BCUT2D eigenvalue weighted by molar-refractivity contribution is 0.102. The fourth-order valence-corrected chi connectivity index (χ4v) is 3.31. The van der Waals surface area contributed by atoms with E-state index in [9.17, 15) is 4.79 Å². The van der Waals surface area contributed by atoms with Gasteiger partial charge in [-0.25, -0.2) is 0 Å². The summed E-state index contributed by atoms with van der Waals surface area (Å²) in [4.78, 5) is 12.5. The van der Waals surface area contributed by atoms with Gasteiger partial charge in [0.1, 0.15) is 0 Å². The molecule has 0 aliphatic carbocycles. The van der Waals surface area contributed by atoms with Gasteiger partial charge in [-0.1, -0.05) is 45.0 Å². The van der Waals surface area contributed by atoms with Gasteiger partial charge < -0.3 is 5.32 Å². The number of nitrogens with one attached hydrogen (secondary N) is 1. The number of amides is 1. The van der Waals surface area contributed by atoms with E-state index in [1.165, 1.54) is 22.4 Å². The molecule has 0 atom stereocenters. The van der Waals surface area contributed by atoms with Gasteiger partial charge in [0.25, 0.3) is 5.91 Å². The van der Waals surface area contributed by atoms with Crippen molar-refractivity contribution in [1.29, 1.82) is 0 Å². The summed E-state index contributed by atoms with van der Waals surface area (Å²) in [5.41, 5.74) is 7.48. The Balaban J connectivity index is 1.67. The standard InChI is InChI=1S/C24H29N3O/c1-16-22(17(2)27(6)26-16)15-18-7-13-21(14-8-18)25-23(28)19-9-11-20(12-10-19)24(3,4)5/h7-14H,15H2,1-6H3,(H,25,28). The van der Waals surface area contributed by atoms with Crippen LogP contribution in [0.4, 0.5) is 5.69 Å². The van der Waals surface area contributed by atoms with Crippen LogP contribution in [0.5, 0.6) is 0 Å². The van der Waals surface area contributed by atoms with Crippen LogP contribution in [0, 0.1) is 13.8 Å². The maximum atomic E-state index is 12.5. The van der Waals surface area contributed by atoms with E-state index in [-0.39, 0.29) is 11.3 Å². The Hall–Kier alpha value is -2.88. The molecule has 2 aromatic carbocycles. The second kappa shape index (κ2) is 7.63. The van der Waals surface area contributed by atoms with Gasteiger partial charge in [-0.05, 0) is 54.7 Å². The molecular formula is C24H29N3O. The average Bonchev–Trinajstić information content (AvgIpc) is 2.89. The number of aromatic nitrogens is 2. The summed E-state index contributed by atoms with van der Waals surface area (Å²) in [6.45, 7) is 10.6. The Labute approximate surface area is 167 Å². The highest BCUT2D eigenvalue weighted by Gasteiger charge is 2.14. The molecule has 0 bridgehead atoms. The third-order valence-corrected chi connectivity index (χ3v) is 5.26. The van der Waals surface area contributed by atoms with Crippen LogP contribution in [0.2, 0.25) is 0 Å². The zero-order valence-electron chi connectivity index (χ0n) is 17.6. The zero-order chi connectivity index (χ0) is 20.5. The average molecular weight is 376 g/mol. The van der Waals surface area contributed by atoms with Crippen LogP contribution in [0.3, 0.4) is 0 Å². The Morgan fingerprint density at radius 3 is 2.11 bits per heavy atom. The van der Waals surface area contributed by atoms with Crippen LogP contribution in [0.25, 0.3) is 0 Å². The molecule has 0 spiro atoms. The molecule has 0 fully saturated rings. The first kappa shape index (κ1) is 19.9. The van der Waals surface area contributed by atoms with Crippen molar-refractivity contribution < 1.29 is 4.79 Å². The Kier molecular flexibility index (Phi) is 5.41. The summed E-state index contributed by atoms with van der Waals surface area (Å²) in [5.74, 6) is -0.0906. The highest BCUT2D eigenvalue weighted by Crippen LogP contribution is 2.23. The molecule has 4 nitrogen and oxygen atoms in total. The third kappa shape index (κ3) is 4.33. The number of carbonyl (C=O) groups excluding carboxylic acids is 1. The molecule has 3 rings (SSSR count). The van der Waals surface area contributed by atoms with Crippen molar-refractivity contribution in [2.24, 2.45) is 7.05 Å². The maximum absolute atomic E-state index is 12.5. The number of benzene rings is 2. The Morgan fingerprint density at radius 2 is 1.61 bits per heavy atom. The van der Waals surface area contributed by atoms with E-state index in [1.807, 2.05) is 55.1 Å². The SMILES string of the molecule is Cc1nn(C)c(C)c1Cc1ccc(NC(=O)c2ccc(C(C)(C)C)cc2)cc1. The van der Waals surface area contributed by atoms with Crippen LogP contribution < -0.4 is 5.32 Å². The van der Waals surface area contributed by atoms with E-state index in [0.717, 1.165) is 17.8 Å². The van der Waals surface area contributed by atoms with Crippen molar-refractivity contribution in [3.8, 4) is 0 Å². The summed E-state index contributed by atoms with van der Waals surface area (Å²) in [6.07, 6.45) is 0.841. The van der Waals surface area contributed by atoms with Gasteiger partial charge in [-0.3, -0.25) is 9.48 Å². The maximum Gasteiger partial charge on any atom is 0.255 e. The molecule has 146 valence electrons. The van der Waals surface area contributed by atoms with Crippen molar-refractivity contribution >= 4 is 11.6 Å². The van der Waals surface area contributed by atoms with Gasteiger partial charge in [0.05, 0.1) is 5.69 Å². The molecule has 4 heteroatoms. The largest absolute Gasteiger partial charge is 0.322 e. The van der Waals surface area contributed by atoms with E-state index in [2.05, 4.69) is 50.2 Å². The number of carbonyl (C=O) groups is 1. The minimum absolute atomic E-state index is 0.0792. The first-order valence-electron chi connectivity index (χ1n) is 9.65. The first-order chi connectivity index (χ1) is 13.1. The molecule has 0 saturated carbocycles. The molecule has 28 heavy (non-hydrogen) atoms. The van der Waals surface area contributed by atoms with Gasteiger partial charge in [-0.15, -0.1) is 0 Å². The number of aryl methyl sites for hydroxylation is 2. The van der Waals surface area contributed by atoms with Gasteiger partial charge in [0.2, 0.25) is 0 Å². The molecule has 0 aliphatic rings. The van der Waals surface area contributed by atoms with E-state index >= 15 is 0 Å². The number of rotatable bonds is 4. The molecule has 0 radical (unpaired) electrons. The summed E-state index contributed by atoms with van der Waals surface area (Å²) >= 11 is 0. The fraction of sp³-hybridized carbons (Fsp3) is 0.333. The van der Waals surface area contributed by atoms with E-state index < -0.39 is 0 Å². The minimum atomic E-state index is -0.0906. The Bertz CT molecular complexity index is 974. The molecule has 1 N–H and O–H groups in total. The number of anilines is 1. The predicted molar refractivity (Wildman–Crippen MR) is 115 cm³/mol. The second-order valence-corrected chi connectivity index (χ2v) is 8.43. The molecule has 0 unspecified atom stereocenters. The van der Waals surface area contributed by atoms with Gasteiger partial charge in [-0.2, -0.15) is 5.10 Å². The van der Waals surface area contributed by atoms with Gasteiger partial charge in [0, 0.05) is 36.0 Å². The number of nitrogens with zero attached hydrogens (tertiary/aromatic N) is 2. The number of hydrogen-bond donors (Lipinski definition) is 1. The summed E-state index contributed by atoms with van der Waals surface area (Å²) in [5, 5.41) is 7.46. The lowest BCUT2D eigenvalue weighted by Gasteiger charge is -2.19. The monoisotopic (exact) mass is 375 g/mol. The highest BCUT2D eigenvalue weighted by molar-refractivity contribution is 6.04. The van der Waals surface area contributed by atoms with Crippen LogP contribution in [-0.4, -0.2) is 15.7 Å². The minimum Gasteiger partial charge on any atom is -0.322 e. The highest BCUT2D eigenvalue weighted by atomic mass is 16.1. The summed E-state index contributed by atoms with van der Waals surface area (Å²) in [7, 11) is 1.97. The van der Waals surface area contributed by atoms with Crippen LogP contribution in [0.1, 0.15) is 59.2 Å². The topological polar surface area (TPSA) is 46.9 Å². The van der Waals surface area contributed by atoms with E-state index in [0.29, 0.717) is 5.56 Å². The molecule has 1 aromatic heterocycles. The van der Waals surface area contributed by atoms with Crippen molar-refractivity contribution in [3.63, 3.8) is 0 Å². The molecule has 0 aliphatic heterocycles. The molecule has 3 aromatic rings. The van der Waals surface area contributed by atoms with E-state index in [1.54, 1.807) is 0 Å². The van der Waals surface area contributed by atoms with E-state index in [4.69, 9.17) is 0 Å². The smallest absolute Gasteiger partial charge is 0.255 e. The van der Waals surface area contributed by atoms with Gasteiger partial charge in [0.15, 0.2) is 0 Å². The fourth-order valence-electron chi connectivity index (χ4n) is 3.31. The second-order valence-electron chi connectivity index (χ2n) is 8.43. The molecular weight excluding hydrogens is 346 g/mol. The zero-order valence-corrected chi connectivity index (χ0v) is 17.6. The van der Waals surface area contributed by atoms with Crippen LogP contribution in [0.15, 0.2) is 48.5 Å².